The summed E-state index contributed by atoms with van der Waals surface area (Å²) in [4.78, 5) is 12.1. The Kier molecular flexibility index (Phi) is 7.76. The van der Waals surface area contributed by atoms with Gasteiger partial charge in [0.25, 0.3) is 0 Å². The van der Waals surface area contributed by atoms with Crippen LogP contribution in [0.1, 0.15) is 47.4 Å². The van der Waals surface area contributed by atoms with Crippen molar-refractivity contribution >= 4 is 11.7 Å². The Morgan fingerprint density at radius 1 is 0.806 bits per heavy atom. The van der Waals surface area contributed by atoms with E-state index in [0.717, 1.165) is 41.6 Å². The van der Waals surface area contributed by atoms with Crippen LogP contribution >= 0.6 is 0 Å². The second-order valence-corrected chi connectivity index (χ2v) is 7.83. The van der Waals surface area contributed by atoms with Crippen LogP contribution in [0.4, 0.5) is 19.3 Å². The molecule has 5 heteroatoms. The van der Waals surface area contributed by atoms with Crippen LogP contribution in [-0.2, 0) is 0 Å². The van der Waals surface area contributed by atoms with Crippen molar-refractivity contribution in [1.82, 2.24) is 5.32 Å². The Morgan fingerprint density at radius 2 is 1.39 bits per heavy atom. The van der Waals surface area contributed by atoms with Gasteiger partial charge >= 0.3 is 6.03 Å². The van der Waals surface area contributed by atoms with Crippen LogP contribution in [-0.4, -0.2) is 12.6 Å². The van der Waals surface area contributed by atoms with E-state index in [0.29, 0.717) is 6.54 Å². The van der Waals surface area contributed by atoms with Crippen molar-refractivity contribution in [3.05, 3.63) is 101 Å². The Labute approximate surface area is 182 Å². The summed E-state index contributed by atoms with van der Waals surface area (Å²) in [6.07, 6.45) is 2.49. The van der Waals surface area contributed by atoms with Gasteiger partial charge in [0.1, 0.15) is 11.6 Å². The number of hydrogen-bond donors (Lipinski definition) is 2. The molecule has 0 aromatic heterocycles. The first-order chi connectivity index (χ1) is 14.9. The van der Waals surface area contributed by atoms with Crippen LogP contribution in [0.5, 0.6) is 0 Å². The standard InChI is InChI=1S/C26H28F2N2O/c1-18-6-15-24(17-19(18)2)30-26(31)29-16-4-3-5-25(20-7-11-22(27)12-8-20)21-9-13-23(28)14-10-21/h6-15,17,25H,3-5,16H2,1-2H3,(H2,29,30,31). The molecule has 162 valence electrons. The summed E-state index contributed by atoms with van der Waals surface area (Å²) in [5, 5.41) is 5.74. The molecule has 0 heterocycles. The van der Waals surface area contributed by atoms with Gasteiger partial charge in [0, 0.05) is 18.2 Å². The van der Waals surface area contributed by atoms with Gasteiger partial charge in [-0.3, -0.25) is 0 Å². The van der Waals surface area contributed by atoms with Crippen LogP contribution < -0.4 is 10.6 Å². The van der Waals surface area contributed by atoms with Crippen molar-refractivity contribution in [2.45, 2.75) is 39.0 Å². The minimum Gasteiger partial charge on any atom is -0.338 e. The van der Waals surface area contributed by atoms with Crippen molar-refractivity contribution in [3.8, 4) is 0 Å². The number of aryl methyl sites for hydroxylation is 2. The summed E-state index contributed by atoms with van der Waals surface area (Å²) in [7, 11) is 0. The van der Waals surface area contributed by atoms with Gasteiger partial charge in [0.05, 0.1) is 0 Å². The summed E-state index contributed by atoms with van der Waals surface area (Å²) < 4.78 is 26.7. The summed E-state index contributed by atoms with van der Waals surface area (Å²) >= 11 is 0. The molecular weight excluding hydrogens is 394 g/mol. The monoisotopic (exact) mass is 422 g/mol. The molecule has 3 nitrogen and oxygen atoms in total. The zero-order valence-electron chi connectivity index (χ0n) is 17.9. The molecule has 0 fully saturated rings. The quantitative estimate of drug-likeness (QED) is 0.389. The number of carbonyl (C=O) groups excluding carboxylic acids is 1. The highest BCUT2D eigenvalue weighted by Gasteiger charge is 2.14. The minimum absolute atomic E-state index is 0.0468. The summed E-state index contributed by atoms with van der Waals surface area (Å²) in [6.45, 7) is 4.59. The maximum atomic E-state index is 13.3. The van der Waals surface area contributed by atoms with E-state index < -0.39 is 0 Å². The lowest BCUT2D eigenvalue weighted by Crippen LogP contribution is -2.29. The average molecular weight is 423 g/mol. The molecule has 0 atom stereocenters. The zero-order chi connectivity index (χ0) is 22.2. The molecular formula is C26H28F2N2O. The molecule has 2 N–H and O–H groups in total. The Balaban J connectivity index is 1.51. The molecule has 0 unspecified atom stereocenters. The van der Waals surface area contributed by atoms with E-state index in [2.05, 4.69) is 10.6 Å². The van der Waals surface area contributed by atoms with Crippen molar-refractivity contribution in [2.75, 3.05) is 11.9 Å². The molecule has 31 heavy (non-hydrogen) atoms. The van der Waals surface area contributed by atoms with Crippen molar-refractivity contribution in [2.24, 2.45) is 0 Å². The number of halogens is 2. The third-order valence-electron chi connectivity index (χ3n) is 5.51. The molecule has 0 bridgehead atoms. The third kappa shape index (κ3) is 6.64. The van der Waals surface area contributed by atoms with Gasteiger partial charge in [-0.2, -0.15) is 0 Å². The van der Waals surface area contributed by atoms with Gasteiger partial charge in [0.2, 0.25) is 0 Å². The Hall–Kier alpha value is -3.21. The van der Waals surface area contributed by atoms with Crippen molar-refractivity contribution in [1.29, 1.82) is 0 Å². The van der Waals surface area contributed by atoms with E-state index in [4.69, 9.17) is 0 Å². The third-order valence-corrected chi connectivity index (χ3v) is 5.51. The number of amides is 2. The number of anilines is 1. The predicted molar refractivity (Wildman–Crippen MR) is 121 cm³/mol. The lowest BCUT2D eigenvalue weighted by molar-refractivity contribution is 0.252. The van der Waals surface area contributed by atoms with Crippen LogP contribution in [0.3, 0.4) is 0 Å². The number of benzene rings is 3. The topological polar surface area (TPSA) is 41.1 Å². The number of urea groups is 1. The predicted octanol–water partition coefficient (Wildman–Crippen LogP) is 6.71. The largest absolute Gasteiger partial charge is 0.338 e. The zero-order valence-corrected chi connectivity index (χ0v) is 17.9. The van der Waals surface area contributed by atoms with Crippen LogP contribution in [0.15, 0.2) is 66.7 Å². The minimum atomic E-state index is -0.277. The average Bonchev–Trinajstić information content (AvgIpc) is 2.75. The molecule has 0 aliphatic carbocycles. The van der Waals surface area contributed by atoms with E-state index in [9.17, 15) is 13.6 Å². The smallest absolute Gasteiger partial charge is 0.319 e. The molecule has 0 saturated heterocycles. The first kappa shape index (κ1) is 22.5. The van der Waals surface area contributed by atoms with Gasteiger partial charge < -0.3 is 10.6 Å². The Bertz CT molecular complexity index is 955. The molecule has 0 spiro atoms. The molecule has 0 radical (unpaired) electrons. The van der Waals surface area contributed by atoms with Crippen LogP contribution in [0, 0.1) is 25.5 Å². The molecule has 0 aliphatic rings. The normalized spacial score (nSPS) is 10.9. The van der Waals surface area contributed by atoms with E-state index in [1.165, 1.54) is 29.8 Å². The van der Waals surface area contributed by atoms with E-state index >= 15 is 0 Å². The number of hydrogen-bond acceptors (Lipinski definition) is 1. The van der Waals surface area contributed by atoms with Crippen molar-refractivity contribution < 1.29 is 13.6 Å². The fourth-order valence-corrected chi connectivity index (χ4v) is 3.59. The number of rotatable bonds is 8. The second-order valence-electron chi connectivity index (χ2n) is 7.83. The van der Waals surface area contributed by atoms with Crippen LogP contribution in [0.2, 0.25) is 0 Å². The van der Waals surface area contributed by atoms with E-state index in [1.807, 2.05) is 32.0 Å². The van der Waals surface area contributed by atoms with Gasteiger partial charge in [-0.05, 0) is 85.3 Å². The maximum absolute atomic E-state index is 13.3. The molecule has 2 amide bonds. The number of nitrogens with one attached hydrogen (secondary N) is 2. The fraction of sp³-hybridized carbons (Fsp3) is 0.269. The highest BCUT2D eigenvalue weighted by Crippen LogP contribution is 2.30. The second kappa shape index (κ2) is 10.7. The first-order valence-electron chi connectivity index (χ1n) is 10.6. The summed E-state index contributed by atoms with van der Waals surface area (Å²) in [6, 6.07) is 18.5. The Morgan fingerprint density at radius 3 is 1.94 bits per heavy atom. The maximum Gasteiger partial charge on any atom is 0.319 e. The SMILES string of the molecule is Cc1ccc(NC(=O)NCCCCC(c2ccc(F)cc2)c2ccc(F)cc2)cc1C. The lowest BCUT2D eigenvalue weighted by Gasteiger charge is -2.18. The van der Waals surface area contributed by atoms with E-state index in [-0.39, 0.29) is 23.6 Å². The fourth-order valence-electron chi connectivity index (χ4n) is 3.59. The van der Waals surface area contributed by atoms with Crippen molar-refractivity contribution in [3.63, 3.8) is 0 Å². The summed E-state index contributed by atoms with van der Waals surface area (Å²) in [5.74, 6) is -0.508. The van der Waals surface area contributed by atoms with Gasteiger partial charge in [-0.25, -0.2) is 13.6 Å². The van der Waals surface area contributed by atoms with E-state index in [1.54, 1.807) is 24.3 Å². The first-order valence-corrected chi connectivity index (χ1v) is 10.6. The molecule has 3 rings (SSSR count). The molecule has 3 aromatic rings. The lowest BCUT2D eigenvalue weighted by atomic mass is 9.87. The molecule has 3 aromatic carbocycles. The highest BCUT2D eigenvalue weighted by atomic mass is 19.1. The molecule has 0 aliphatic heterocycles. The highest BCUT2D eigenvalue weighted by molar-refractivity contribution is 5.89. The summed E-state index contributed by atoms with van der Waals surface area (Å²) in [5.41, 5.74) is 5.07. The van der Waals surface area contributed by atoms with Crippen LogP contribution in [0.25, 0.3) is 0 Å². The number of carbonyl (C=O) groups is 1. The van der Waals surface area contributed by atoms with Gasteiger partial charge in [-0.15, -0.1) is 0 Å². The van der Waals surface area contributed by atoms with Gasteiger partial charge in [0.15, 0.2) is 0 Å². The van der Waals surface area contributed by atoms with Gasteiger partial charge in [-0.1, -0.05) is 36.8 Å². The number of unbranched alkanes of at least 4 members (excludes halogenated alkanes) is 1. The molecule has 0 saturated carbocycles.